The summed E-state index contributed by atoms with van der Waals surface area (Å²) in [6, 6.07) is 10.1. The molecule has 4 aromatic rings. The Kier molecular flexibility index (Phi) is 4.00. The van der Waals surface area contributed by atoms with Crippen LogP contribution in [0.4, 0.5) is 5.69 Å². The summed E-state index contributed by atoms with van der Waals surface area (Å²) in [4.78, 5) is 22.4. The van der Waals surface area contributed by atoms with Crippen LogP contribution in [0.1, 0.15) is 27.9 Å². The van der Waals surface area contributed by atoms with E-state index in [4.69, 9.17) is 11.4 Å². The molecule has 0 spiro atoms. The van der Waals surface area contributed by atoms with Crippen molar-refractivity contribution in [2.75, 3.05) is 11.9 Å². The molecule has 1 aromatic carbocycles. The van der Waals surface area contributed by atoms with Gasteiger partial charge in [-0.1, -0.05) is 5.92 Å². The minimum absolute atomic E-state index is 0.0225. The van der Waals surface area contributed by atoms with Crippen LogP contribution in [-0.2, 0) is 0 Å². The quantitative estimate of drug-likeness (QED) is 0.468. The first-order chi connectivity index (χ1) is 14.0. The molecule has 0 saturated heterocycles. The molecule has 2 N–H and O–H groups in total. The first-order valence-electron chi connectivity index (χ1n) is 9.40. The highest BCUT2D eigenvalue weighted by Crippen LogP contribution is 2.41. The van der Waals surface area contributed by atoms with Crippen LogP contribution in [0.3, 0.4) is 0 Å². The number of aromatic nitrogens is 2. The molecule has 0 saturated carbocycles. The highest BCUT2D eigenvalue weighted by molar-refractivity contribution is 7.21. The van der Waals surface area contributed by atoms with Crippen molar-refractivity contribution < 1.29 is 4.79 Å². The largest absolute Gasteiger partial charge is 0.381 e. The van der Waals surface area contributed by atoms with E-state index in [9.17, 15) is 4.79 Å². The van der Waals surface area contributed by atoms with E-state index >= 15 is 0 Å². The summed E-state index contributed by atoms with van der Waals surface area (Å²) in [7, 11) is 0. The van der Waals surface area contributed by atoms with Gasteiger partial charge in [0, 0.05) is 39.8 Å². The first-order valence-corrected chi connectivity index (χ1v) is 10.2. The summed E-state index contributed by atoms with van der Waals surface area (Å²) in [5, 5.41) is 8.57. The second kappa shape index (κ2) is 6.57. The number of hydrogen-bond donors (Lipinski definition) is 2. The minimum Gasteiger partial charge on any atom is -0.381 e. The van der Waals surface area contributed by atoms with Crippen molar-refractivity contribution in [3.8, 4) is 23.6 Å². The monoisotopic (exact) mass is 398 g/mol. The van der Waals surface area contributed by atoms with Gasteiger partial charge in [0.1, 0.15) is 10.6 Å². The van der Waals surface area contributed by atoms with Crippen LogP contribution in [-0.4, -0.2) is 28.5 Å². The zero-order valence-electron chi connectivity index (χ0n) is 16.0. The van der Waals surface area contributed by atoms with Gasteiger partial charge in [-0.15, -0.1) is 17.8 Å². The summed E-state index contributed by atoms with van der Waals surface area (Å²) in [6.45, 7) is 4.69. The Balaban J connectivity index is 1.72. The predicted octanol–water partition coefficient (Wildman–Crippen LogP) is 4.35. The number of benzene rings is 1. The number of carbonyl (C=O) groups is 1. The lowest BCUT2D eigenvalue weighted by Gasteiger charge is -2.10. The molecule has 1 aliphatic heterocycles. The number of carbonyl (C=O) groups excluding carboxylic acids is 1. The number of thiophene rings is 1. The van der Waals surface area contributed by atoms with Gasteiger partial charge in [-0.2, -0.15) is 0 Å². The standard InChI is InChI=1S/C23H18N4OS/c1-4-14-9-16(12(2)10-24-14)18-6-5-15-17(27-18)7-8-19-20(15)21-22(29-19)23(28)26-13(3)11-25-21/h1,5-10,13,25H,11H2,2-3H3,(H,26,28)/t13-/m1/s1. The topological polar surface area (TPSA) is 66.9 Å². The van der Waals surface area contributed by atoms with Crippen LogP contribution in [0, 0.1) is 19.3 Å². The molecular formula is C23H18N4OS. The van der Waals surface area contributed by atoms with Gasteiger partial charge in [0.2, 0.25) is 0 Å². The fourth-order valence-corrected chi connectivity index (χ4v) is 4.85. The molecule has 6 heteroatoms. The van der Waals surface area contributed by atoms with Crippen LogP contribution in [0.5, 0.6) is 0 Å². The molecule has 4 heterocycles. The zero-order chi connectivity index (χ0) is 20.1. The third-order valence-electron chi connectivity index (χ3n) is 5.22. The first kappa shape index (κ1) is 17.7. The number of rotatable bonds is 1. The number of aryl methyl sites for hydroxylation is 1. The molecule has 1 amide bonds. The Labute approximate surface area is 172 Å². The number of terminal acetylenes is 1. The number of fused-ring (bicyclic) bond motifs is 5. The van der Waals surface area contributed by atoms with Crippen molar-refractivity contribution in [3.63, 3.8) is 0 Å². The van der Waals surface area contributed by atoms with Gasteiger partial charge in [0.25, 0.3) is 5.91 Å². The van der Waals surface area contributed by atoms with Crippen LogP contribution < -0.4 is 10.6 Å². The van der Waals surface area contributed by atoms with Gasteiger partial charge in [-0.3, -0.25) is 4.79 Å². The number of nitrogens with one attached hydrogen (secondary N) is 2. The predicted molar refractivity (Wildman–Crippen MR) is 118 cm³/mol. The molecule has 0 fully saturated rings. The van der Waals surface area contributed by atoms with E-state index in [0.717, 1.165) is 48.4 Å². The summed E-state index contributed by atoms with van der Waals surface area (Å²) in [6.07, 6.45) is 7.29. The van der Waals surface area contributed by atoms with Crippen molar-refractivity contribution >= 4 is 43.9 Å². The second-order valence-electron chi connectivity index (χ2n) is 7.29. The third-order valence-corrected chi connectivity index (χ3v) is 6.37. The average molecular weight is 398 g/mol. The maximum absolute atomic E-state index is 12.6. The van der Waals surface area contributed by atoms with Crippen LogP contribution >= 0.6 is 11.3 Å². The molecule has 0 aliphatic carbocycles. The second-order valence-corrected chi connectivity index (χ2v) is 8.34. The smallest absolute Gasteiger partial charge is 0.263 e. The molecule has 0 radical (unpaired) electrons. The van der Waals surface area contributed by atoms with E-state index < -0.39 is 0 Å². The van der Waals surface area contributed by atoms with Crippen LogP contribution in [0.15, 0.2) is 36.5 Å². The maximum Gasteiger partial charge on any atom is 0.263 e. The molecule has 142 valence electrons. The van der Waals surface area contributed by atoms with Crippen molar-refractivity contribution in [2.24, 2.45) is 0 Å². The van der Waals surface area contributed by atoms with E-state index in [1.54, 1.807) is 6.20 Å². The fourth-order valence-electron chi connectivity index (χ4n) is 3.75. The Morgan fingerprint density at radius 1 is 1.28 bits per heavy atom. The highest BCUT2D eigenvalue weighted by Gasteiger charge is 2.24. The highest BCUT2D eigenvalue weighted by atomic mass is 32.1. The van der Waals surface area contributed by atoms with Gasteiger partial charge < -0.3 is 10.6 Å². The normalized spacial score (nSPS) is 16.0. The average Bonchev–Trinajstić information content (AvgIpc) is 3.05. The number of amides is 1. The Hall–Kier alpha value is -3.43. The molecule has 29 heavy (non-hydrogen) atoms. The van der Waals surface area contributed by atoms with Crippen LogP contribution in [0.25, 0.3) is 32.2 Å². The lowest BCUT2D eigenvalue weighted by molar-refractivity contribution is 0.0949. The molecule has 1 aliphatic rings. The van der Waals surface area contributed by atoms with Gasteiger partial charge >= 0.3 is 0 Å². The molecular weight excluding hydrogens is 380 g/mol. The number of hydrogen-bond acceptors (Lipinski definition) is 5. The van der Waals surface area contributed by atoms with Gasteiger partial charge in [-0.05, 0) is 49.7 Å². The van der Waals surface area contributed by atoms with Crippen molar-refractivity contribution in [3.05, 3.63) is 52.7 Å². The molecule has 0 unspecified atom stereocenters. The third kappa shape index (κ3) is 2.82. The van der Waals surface area contributed by atoms with Gasteiger partial charge in [0.15, 0.2) is 0 Å². The number of anilines is 1. The summed E-state index contributed by atoms with van der Waals surface area (Å²) >= 11 is 1.51. The van der Waals surface area contributed by atoms with Gasteiger partial charge in [0.05, 0.1) is 16.9 Å². The van der Waals surface area contributed by atoms with E-state index in [1.807, 2.05) is 38.1 Å². The fraction of sp³-hybridized carbons (Fsp3) is 0.174. The summed E-state index contributed by atoms with van der Waals surface area (Å²) in [5.41, 5.74) is 5.23. The van der Waals surface area contributed by atoms with Gasteiger partial charge in [-0.25, -0.2) is 9.97 Å². The number of pyridine rings is 2. The van der Waals surface area contributed by atoms with Crippen molar-refractivity contribution in [1.82, 2.24) is 15.3 Å². The summed E-state index contributed by atoms with van der Waals surface area (Å²) < 4.78 is 1.07. The Morgan fingerprint density at radius 2 is 2.14 bits per heavy atom. The summed E-state index contributed by atoms with van der Waals surface area (Å²) in [5.74, 6) is 2.56. The number of nitrogens with zero attached hydrogens (tertiary/aromatic N) is 2. The zero-order valence-corrected chi connectivity index (χ0v) is 16.9. The van der Waals surface area contributed by atoms with E-state index in [0.29, 0.717) is 12.2 Å². The van der Waals surface area contributed by atoms with E-state index in [1.165, 1.54) is 11.3 Å². The molecule has 3 aromatic heterocycles. The lowest BCUT2D eigenvalue weighted by atomic mass is 10.0. The molecule has 5 nitrogen and oxygen atoms in total. The van der Waals surface area contributed by atoms with Crippen molar-refractivity contribution in [2.45, 2.75) is 19.9 Å². The van der Waals surface area contributed by atoms with Crippen LogP contribution in [0.2, 0.25) is 0 Å². The Bertz CT molecular complexity index is 1350. The van der Waals surface area contributed by atoms with Crippen molar-refractivity contribution in [1.29, 1.82) is 0 Å². The maximum atomic E-state index is 12.6. The SMILES string of the molecule is C#Cc1cc(-c2ccc3c(ccc4sc5c(c43)NC[C@@H](C)NC5=O)n2)c(C)cn1. The lowest BCUT2D eigenvalue weighted by Crippen LogP contribution is -2.34. The molecule has 5 rings (SSSR count). The molecule has 1 atom stereocenters. The minimum atomic E-state index is -0.0225. The molecule has 0 bridgehead atoms. The Morgan fingerprint density at radius 3 is 2.97 bits per heavy atom. The van der Waals surface area contributed by atoms with E-state index in [2.05, 4.69) is 27.6 Å². The van der Waals surface area contributed by atoms with E-state index in [-0.39, 0.29) is 11.9 Å².